The fraction of sp³-hybridized carbons (Fsp3) is 0.727. The molecule has 0 radical (unpaired) electrons. The van der Waals surface area contributed by atoms with Crippen molar-refractivity contribution in [3.63, 3.8) is 0 Å². The Bertz CT molecular complexity index is 529. The van der Waals surface area contributed by atoms with Gasteiger partial charge in [0.05, 0.1) is 10.0 Å². The Kier molecular flexibility index (Phi) is 7.51. The van der Waals surface area contributed by atoms with Crippen LogP contribution in [0.4, 0.5) is 0 Å². The van der Waals surface area contributed by atoms with Gasteiger partial charge in [-0.3, -0.25) is 0 Å². The van der Waals surface area contributed by atoms with Gasteiger partial charge in [0.25, 0.3) is 0 Å². The molecule has 140 valence electrons. The van der Waals surface area contributed by atoms with Crippen LogP contribution in [0, 0.1) is 17.8 Å². The average molecular weight is 383 g/mol. The molecular weight excluding hydrogens is 351 g/mol. The van der Waals surface area contributed by atoms with E-state index in [-0.39, 0.29) is 0 Å². The number of benzene rings is 1. The molecule has 3 heteroatoms. The predicted octanol–water partition coefficient (Wildman–Crippen LogP) is 7.50. The molecule has 1 aromatic rings. The van der Waals surface area contributed by atoms with Crippen molar-refractivity contribution in [2.24, 2.45) is 17.8 Å². The summed E-state index contributed by atoms with van der Waals surface area (Å²) in [5.74, 6) is 3.57. The molecule has 0 spiro atoms. The van der Waals surface area contributed by atoms with E-state index >= 15 is 0 Å². The highest BCUT2D eigenvalue weighted by molar-refractivity contribution is 6.42. The summed E-state index contributed by atoms with van der Waals surface area (Å²) < 4.78 is 5.19. The number of ether oxygens (including phenoxy) is 1. The molecule has 0 aromatic heterocycles. The standard InChI is InChI=1S/C22H32Cl2O/c1-25-14-2-3-16-4-6-17(7-5-16)18-8-10-19(11-9-18)20-12-13-21(23)22(24)15-20/h12-13,15-19H,2-11,14H2,1H3/t16-,17-,18-,19-. The number of hydrogen-bond donors (Lipinski definition) is 0. The lowest BCUT2D eigenvalue weighted by molar-refractivity contribution is 0.144. The lowest BCUT2D eigenvalue weighted by atomic mass is 9.68. The largest absolute Gasteiger partial charge is 0.385 e. The SMILES string of the molecule is COCCC[C@H]1CC[C@H]([C@H]2CC[C@H](c3ccc(Cl)c(Cl)c3)CC2)CC1. The second-order valence-corrected chi connectivity index (χ2v) is 9.02. The third-order valence-electron chi connectivity index (χ3n) is 6.71. The highest BCUT2D eigenvalue weighted by Crippen LogP contribution is 2.45. The third kappa shape index (κ3) is 5.37. The first-order valence-corrected chi connectivity index (χ1v) is 10.9. The molecule has 2 saturated carbocycles. The van der Waals surface area contributed by atoms with Gasteiger partial charge in [0.15, 0.2) is 0 Å². The van der Waals surface area contributed by atoms with Gasteiger partial charge in [-0.25, -0.2) is 0 Å². The summed E-state index contributed by atoms with van der Waals surface area (Å²) in [6.07, 6.45) is 13.8. The second-order valence-electron chi connectivity index (χ2n) is 8.20. The van der Waals surface area contributed by atoms with Gasteiger partial charge in [-0.05, 0) is 92.7 Å². The summed E-state index contributed by atoms with van der Waals surface area (Å²) in [5, 5.41) is 1.37. The van der Waals surface area contributed by atoms with Crippen LogP contribution in [0.1, 0.15) is 75.7 Å². The van der Waals surface area contributed by atoms with Crippen LogP contribution in [-0.2, 0) is 4.74 Å². The molecule has 0 heterocycles. The Morgan fingerprint density at radius 2 is 1.52 bits per heavy atom. The van der Waals surface area contributed by atoms with Crippen LogP contribution in [0.5, 0.6) is 0 Å². The lowest BCUT2D eigenvalue weighted by Crippen LogP contribution is -2.25. The van der Waals surface area contributed by atoms with Crippen molar-refractivity contribution in [3.05, 3.63) is 33.8 Å². The lowest BCUT2D eigenvalue weighted by Gasteiger charge is -2.38. The highest BCUT2D eigenvalue weighted by atomic mass is 35.5. The van der Waals surface area contributed by atoms with Crippen LogP contribution < -0.4 is 0 Å². The number of methoxy groups -OCH3 is 1. The Morgan fingerprint density at radius 3 is 2.12 bits per heavy atom. The van der Waals surface area contributed by atoms with Crippen molar-refractivity contribution in [3.8, 4) is 0 Å². The molecule has 0 saturated heterocycles. The van der Waals surface area contributed by atoms with Crippen LogP contribution in [0.25, 0.3) is 0 Å². The number of rotatable bonds is 6. The first-order chi connectivity index (χ1) is 12.2. The summed E-state index contributed by atoms with van der Waals surface area (Å²) in [4.78, 5) is 0. The minimum absolute atomic E-state index is 0.668. The molecule has 0 bridgehead atoms. The molecule has 1 nitrogen and oxygen atoms in total. The fourth-order valence-corrected chi connectivity index (χ4v) is 5.46. The minimum atomic E-state index is 0.668. The third-order valence-corrected chi connectivity index (χ3v) is 7.44. The van der Waals surface area contributed by atoms with E-state index in [0.29, 0.717) is 16.0 Å². The smallest absolute Gasteiger partial charge is 0.0595 e. The molecule has 25 heavy (non-hydrogen) atoms. The first-order valence-electron chi connectivity index (χ1n) is 10.1. The molecule has 0 unspecified atom stereocenters. The molecule has 0 atom stereocenters. The summed E-state index contributed by atoms with van der Waals surface area (Å²) in [6, 6.07) is 6.21. The number of halogens is 2. The Morgan fingerprint density at radius 1 is 0.880 bits per heavy atom. The van der Waals surface area contributed by atoms with Gasteiger partial charge >= 0.3 is 0 Å². The summed E-state index contributed by atoms with van der Waals surface area (Å²) in [5.41, 5.74) is 1.38. The van der Waals surface area contributed by atoms with Crippen molar-refractivity contribution in [2.45, 2.75) is 70.1 Å². The van der Waals surface area contributed by atoms with E-state index in [4.69, 9.17) is 27.9 Å². The molecule has 2 fully saturated rings. The van der Waals surface area contributed by atoms with E-state index in [1.54, 1.807) is 0 Å². The van der Waals surface area contributed by atoms with Gasteiger partial charge in [0.1, 0.15) is 0 Å². The summed E-state index contributed by atoms with van der Waals surface area (Å²) >= 11 is 12.3. The molecular formula is C22H32Cl2O. The average Bonchev–Trinajstić information content (AvgIpc) is 2.65. The summed E-state index contributed by atoms with van der Waals surface area (Å²) in [6.45, 7) is 0.929. The van der Waals surface area contributed by atoms with Crippen LogP contribution in [-0.4, -0.2) is 13.7 Å². The van der Waals surface area contributed by atoms with Gasteiger partial charge in [0, 0.05) is 13.7 Å². The van der Waals surface area contributed by atoms with Crippen molar-refractivity contribution in [1.82, 2.24) is 0 Å². The molecule has 2 aliphatic carbocycles. The van der Waals surface area contributed by atoms with Gasteiger partial charge in [-0.1, -0.05) is 42.1 Å². The van der Waals surface area contributed by atoms with Gasteiger partial charge < -0.3 is 4.74 Å². The van der Waals surface area contributed by atoms with Gasteiger partial charge in [-0.15, -0.1) is 0 Å². The van der Waals surface area contributed by atoms with Gasteiger partial charge in [-0.2, -0.15) is 0 Å². The van der Waals surface area contributed by atoms with Crippen molar-refractivity contribution >= 4 is 23.2 Å². The molecule has 0 N–H and O–H groups in total. The Balaban J connectivity index is 1.43. The maximum Gasteiger partial charge on any atom is 0.0595 e. The van der Waals surface area contributed by atoms with Crippen LogP contribution in [0.15, 0.2) is 18.2 Å². The van der Waals surface area contributed by atoms with Crippen molar-refractivity contribution < 1.29 is 4.74 Å². The maximum absolute atomic E-state index is 6.20. The van der Waals surface area contributed by atoms with Crippen molar-refractivity contribution in [2.75, 3.05) is 13.7 Å². The maximum atomic E-state index is 6.20. The topological polar surface area (TPSA) is 9.23 Å². The predicted molar refractivity (Wildman–Crippen MR) is 108 cm³/mol. The molecule has 3 rings (SSSR count). The zero-order chi connectivity index (χ0) is 17.6. The minimum Gasteiger partial charge on any atom is -0.385 e. The van der Waals surface area contributed by atoms with Crippen molar-refractivity contribution in [1.29, 1.82) is 0 Å². The van der Waals surface area contributed by atoms with Gasteiger partial charge in [0.2, 0.25) is 0 Å². The summed E-state index contributed by atoms with van der Waals surface area (Å²) in [7, 11) is 1.81. The molecule has 0 amide bonds. The highest BCUT2D eigenvalue weighted by Gasteiger charge is 2.31. The molecule has 2 aliphatic rings. The van der Waals surface area contributed by atoms with E-state index in [0.717, 1.165) is 24.4 Å². The zero-order valence-electron chi connectivity index (χ0n) is 15.5. The fourth-order valence-electron chi connectivity index (χ4n) is 5.15. The first kappa shape index (κ1) is 19.5. The van der Waals surface area contributed by atoms with E-state index in [1.165, 1.54) is 69.8 Å². The Hall–Kier alpha value is -0.240. The monoisotopic (exact) mass is 382 g/mol. The zero-order valence-corrected chi connectivity index (χ0v) is 17.0. The van der Waals surface area contributed by atoms with E-state index in [9.17, 15) is 0 Å². The molecule has 0 aliphatic heterocycles. The van der Waals surface area contributed by atoms with Crippen LogP contribution >= 0.6 is 23.2 Å². The van der Waals surface area contributed by atoms with E-state index < -0.39 is 0 Å². The van der Waals surface area contributed by atoms with Crippen LogP contribution in [0.3, 0.4) is 0 Å². The Labute approximate surface area is 163 Å². The second kappa shape index (κ2) is 9.62. The molecule has 1 aromatic carbocycles. The van der Waals surface area contributed by atoms with E-state index in [2.05, 4.69) is 12.1 Å². The van der Waals surface area contributed by atoms with Crippen LogP contribution in [0.2, 0.25) is 10.0 Å². The number of hydrogen-bond acceptors (Lipinski definition) is 1. The normalized spacial score (nSPS) is 30.4. The quantitative estimate of drug-likeness (QED) is 0.462. The van der Waals surface area contributed by atoms with E-state index in [1.807, 2.05) is 13.2 Å².